The fourth-order valence-corrected chi connectivity index (χ4v) is 2.21. The van der Waals surface area contributed by atoms with Crippen molar-refractivity contribution in [3.8, 4) is 0 Å². The van der Waals surface area contributed by atoms with Crippen LogP contribution >= 0.6 is 15.9 Å². The Hall–Kier alpha value is -0.870. The molecule has 0 aliphatic rings. The molecule has 0 aliphatic heterocycles. The molecule has 1 aromatic rings. The smallest absolute Gasteiger partial charge is 0.226 e. The predicted octanol–water partition coefficient (Wildman–Crippen LogP) is 2.78. The third-order valence-corrected chi connectivity index (χ3v) is 3.51. The second kappa shape index (κ2) is 7.54. The van der Waals surface area contributed by atoms with Crippen molar-refractivity contribution >= 4 is 21.8 Å². The summed E-state index contributed by atoms with van der Waals surface area (Å²) in [6, 6.07) is 8.01. The van der Waals surface area contributed by atoms with Gasteiger partial charge < -0.3 is 10.6 Å². The van der Waals surface area contributed by atoms with E-state index < -0.39 is 0 Å². The number of carbonyl (C=O) groups is 1. The summed E-state index contributed by atoms with van der Waals surface area (Å²) in [7, 11) is 1.84. The van der Waals surface area contributed by atoms with Crippen molar-refractivity contribution in [1.29, 1.82) is 0 Å². The molecule has 0 spiro atoms. The van der Waals surface area contributed by atoms with Gasteiger partial charge in [0, 0.05) is 24.6 Å². The lowest BCUT2D eigenvalue weighted by atomic mass is 10.0. The van der Waals surface area contributed by atoms with Crippen LogP contribution in [0.4, 0.5) is 0 Å². The first-order valence-corrected chi connectivity index (χ1v) is 7.07. The molecule has 0 aromatic heterocycles. The number of nitrogens with two attached hydrogens (primary N) is 1. The van der Waals surface area contributed by atoms with Gasteiger partial charge in [-0.2, -0.15) is 0 Å². The lowest BCUT2D eigenvalue weighted by Crippen LogP contribution is -2.36. The number of carbonyl (C=O) groups excluding carboxylic acids is 1. The van der Waals surface area contributed by atoms with Gasteiger partial charge in [0.2, 0.25) is 5.91 Å². The fraction of sp³-hybridized carbons (Fsp3) is 0.500. The molecule has 100 valence electrons. The van der Waals surface area contributed by atoms with E-state index in [0.717, 1.165) is 22.9 Å². The Kier molecular flexibility index (Phi) is 6.36. The van der Waals surface area contributed by atoms with Crippen molar-refractivity contribution in [2.75, 3.05) is 13.6 Å². The topological polar surface area (TPSA) is 46.3 Å². The lowest BCUT2D eigenvalue weighted by molar-refractivity contribution is -0.134. The second-order valence-corrected chi connectivity index (χ2v) is 5.46. The van der Waals surface area contributed by atoms with Crippen LogP contribution < -0.4 is 5.73 Å². The zero-order valence-electron chi connectivity index (χ0n) is 11.0. The van der Waals surface area contributed by atoms with Gasteiger partial charge >= 0.3 is 0 Å². The Bertz CT molecular complexity index is 378. The minimum Gasteiger partial charge on any atom is -0.341 e. The van der Waals surface area contributed by atoms with Gasteiger partial charge in [-0.25, -0.2) is 0 Å². The minimum atomic E-state index is -0.0459. The van der Waals surface area contributed by atoms with Gasteiger partial charge in [-0.1, -0.05) is 41.4 Å². The average molecular weight is 313 g/mol. The summed E-state index contributed by atoms with van der Waals surface area (Å²) in [6.07, 6.45) is 1.85. The molecule has 0 heterocycles. The molecule has 0 saturated carbocycles. The molecule has 0 fully saturated rings. The first-order chi connectivity index (χ1) is 8.58. The van der Waals surface area contributed by atoms with E-state index in [1.807, 2.05) is 31.3 Å². The van der Waals surface area contributed by atoms with Crippen LogP contribution in [0.2, 0.25) is 0 Å². The first-order valence-electron chi connectivity index (χ1n) is 6.28. The summed E-state index contributed by atoms with van der Waals surface area (Å²) in [5.41, 5.74) is 6.78. The Balaban J connectivity index is 2.61. The Labute approximate surface area is 117 Å². The van der Waals surface area contributed by atoms with Gasteiger partial charge in [0.25, 0.3) is 0 Å². The third-order valence-electron chi connectivity index (χ3n) is 2.98. The van der Waals surface area contributed by atoms with Gasteiger partial charge in [0.05, 0.1) is 5.92 Å². The summed E-state index contributed by atoms with van der Waals surface area (Å²) in [5.74, 6) is 0.0951. The lowest BCUT2D eigenvalue weighted by Gasteiger charge is -2.22. The normalized spacial score (nSPS) is 12.2. The van der Waals surface area contributed by atoms with Crippen molar-refractivity contribution in [3.05, 3.63) is 34.3 Å². The summed E-state index contributed by atoms with van der Waals surface area (Å²) >= 11 is 3.40. The highest BCUT2D eigenvalue weighted by Gasteiger charge is 2.19. The number of nitrogens with zero attached hydrogens (tertiary/aromatic N) is 1. The summed E-state index contributed by atoms with van der Waals surface area (Å²) in [4.78, 5) is 13.9. The summed E-state index contributed by atoms with van der Waals surface area (Å²) in [5, 5.41) is 0. The van der Waals surface area contributed by atoms with Gasteiger partial charge in [0.15, 0.2) is 0 Å². The van der Waals surface area contributed by atoms with Gasteiger partial charge in [0.1, 0.15) is 0 Å². The number of rotatable bonds is 6. The molecule has 3 nitrogen and oxygen atoms in total. The molecule has 0 radical (unpaired) electrons. The minimum absolute atomic E-state index is 0.0459. The number of hydrogen-bond acceptors (Lipinski definition) is 2. The van der Waals surface area contributed by atoms with Crippen LogP contribution in [0.15, 0.2) is 28.7 Å². The van der Waals surface area contributed by atoms with Crippen molar-refractivity contribution < 1.29 is 4.79 Å². The molecule has 0 bridgehead atoms. The molecule has 18 heavy (non-hydrogen) atoms. The predicted molar refractivity (Wildman–Crippen MR) is 78.1 cm³/mol. The monoisotopic (exact) mass is 312 g/mol. The van der Waals surface area contributed by atoms with Gasteiger partial charge in [-0.05, 0) is 24.1 Å². The molecule has 1 aromatic carbocycles. The van der Waals surface area contributed by atoms with Gasteiger partial charge in [-0.3, -0.25) is 4.79 Å². The van der Waals surface area contributed by atoms with Crippen LogP contribution in [0.5, 0.6) is 0 Å². The van der Waals surface area contributed by atoms with Crippen LogP contribution in [-0.2, 0) is 11.3 Å². The zero-order chi connectivity index (χ0) is 13.5. The summed E-state index contributed by atoms with van der Waals surface area (Å²) in [6.45, 7) is 3.13. The maximum absolute atomic E-state index is 12.2. The molecule has 1 amide bonds. The molecule has 1 unspecified atom stereocenters. The second-order valence-electron chi connectivity index (χ2n) is 4.54. The Morgan fingerprint density at radius 1 is 1.39 bits per heavy atom. The van der Waals surface area contributed by atoms with E-state index in [9.17, 15) is 4.79 Å². The van der Waals surface area contributed by atoms with Crippen molar-refractivity contribution in [2.24, 2.45) is 11.7 Å². The van der Waals surface area contributed by atoms with E-state index in [-0.39, 0.29) is 11.8 Å². The molecular weight excluding hydrogens is 292 g/mol. The maximum atomic E-state index is 12.2. The zero-order valence-corrected chi connectivity index (χ0v) is 12.6. The molecule has 0 aliphatic carbocycles. The van der Waals surface area contributed by atoms with E-state index >= 15 is 0 Å². The molecule has 1 atom stereocenters. The van der Waals surface area contributed by atoms with E-state index in [4.69, 9.17) is 5.73 Å². The van der Waals surface area contributed by atoms with E-state index in [2.05, 4.69) is 22.9 Å². The van der Waals surface area contributed by atoms with Crippen LogP contribution in [0.25, 0.3) is 0 Å². The number of amides is 1. The van der Waals surface area contributed by atoms with Crippen molar-refractivity contribution in [1.82, 2.24) is 4.90 Å². The van der Waals surface area contributed by atoms with Crippen LogP contribution in [0, 0.1) is 5.92 Å². The number of halogens is 1. The van der Waals surface area contributed by atoms with Crippen molar-refractivity contribution in [2.45, 2.75) is 26.3 Å². The quantitative estimate of drug-likeness (QED) is 0.878. The van der Waals surface area contributed by atoms with Gasteiger partial charge in [-0.15, -0.1) is 0 Å². The number of benzene rings is 1. The average Bonchev–Trinajstić information content (AvgIpc) is 2.37. The van der Waals surface area contributed by atoms with E-state index in [1.165, 1.54) is 0 Å². The third kappa shape index (κ3) is 4.42. The molecule has 4 heteroatoms. The van der Waals surface area contributed by atoms with E-state index in [1.54, 1.807) is 4.90 Å². The highest BCUT2D eigenvalue weighted by molar-refractivity contribution is 9.10. The highest BCUT2D eigenvalue weighted by atomic mass is 79.9. The van der Waals surface area contributed by atoms with Crippen molar-refractivity contribution in [3.63, 3.8) is 0 Å². The Morgan fingerprint density at radius 3 is 2.50 bits per heavy atom. The SMILES string of the molecule is CCCC(CN)C(=O)N(C)Cc1ccc(Br)cc1. The maximum Gasteiger partial charge on any atom is 0.226 e. The van der Waals surface area contributed by atoms with Crippen LogP contribution in [-0.4, -0.2) is 24.4 Å². The first kappa shape index (κ1) is 15.2. The fourth-order valence-electron chi connectivity index (χ4n) is 1.94. The molecule has 2 N–H and O–H groups in total. The molecule has 0 saturated heterocycles. The van der Waals surface area contributed by atoms with Crippen LogP contribution in [0.3, 0.4) is 0 Å². The highest BCUT2D eigenvalue weighted by Crippen LogP contribution is 2.14. The molecule has 1 rings (SSSR count). The number of hydrogen-bond donors (Lipinski definition) is 1. The Morgan fingerprint density at radius 2 is 2.00 bits per heavy atom. The summed E-state index contributed by atoms with van der Waals surface area (Å²) < 4.78 is 1.05. The van der Waals surface area contributed by atoms with E-state index in [0.29, 0.717) is 13.1 Å². The van der Waals surface area contributed by atoms with Crippen LogP contribution in [0.1, 0.15) is 25.3 Å². The standard InChI is InChI=1S/C14H21BrN2O/c1-3-4-12(9-16)14(18)17(2)10-11-5-7-13(15)8-6-11/h5-8,12H,3-4,9-10,16H2,1-2H3. The molecular formula is C14H21BrN2O. The largest absolute Gasteiger partial charge is 0.341 e.